The number of anilines is 10. The van der Waals surface area contributed by atoms with E-state index >= 15 is 4.39 Å². The molecule has 0 bridgehead atoms. The molecule has 0 unspecified atom stereocenters. The quantitative estimate of drug-likeness (QED) is 0.0440. The molecule has 0 atom stereocenters. The van der Waals surface area contributed by atoms with Crippen molar-refractivity contribution in [3.63, 3.8) is 0 Å². The number of nitrogen functional groups attached to an aromatic ring is 1. The van der Waals surface area contributed by atoms with Crippen LogP contribution in [-0.4, -0.2) is 0 Å². The fourth-order valence-corrected chi connectivity index (χ4v) is 9.14. The van der Waals surface area contributed by atoms with Crippen LogP contribution in [0.5, 0.6) is 0 Å². The molecule has 290 valence electrons. The van der Waals surface area contributed by atoms with Crippen LogP contribution in [0.2, 0.25) is 5.02 Å². The Labute approximate surface area is 405 Å². The van der Waals surface area contributed by atoms with E-state index in [9.17, 15) is 17.6 Å². The Hall–Kier alpha value is -1.56. The number of benzene rings is 6. The van der Waals surface area contributed by atoms with Gasteiger partial charge in [0.2, 0.25) is 0 Å². The van der Waals surface area contributed by atoms with Crippen molar-refractivity contribution < 1.29 is 22.0 Å². The van der Waals surface area contributed by atoms with Crippen LogP contribution in [0.3, 0.4) is 0 Å². The predicted octanol–water partition coefficient (Wildman–Crippen LogP) is 15.4. The first-order chi connectivity index (χ1) is 26.5. The zero-order valence-electron chi connectivity index (χ0n) is 28.0. The molecule has 56 heavy (non-hydrogen) atoms. The molecule has 0 amide bonds. The lowest BCUT2D eigenvalue weighted by Crippen LogP contribution is -2.12. The highest BCUT2D eigenvalue weighted by Gasteiger charge is 2.35. The molecule has 0 saturated carbocycles. The molecule has 0 radical (unpaired) electrons. The second-order valence-corrected chi connectivity index (χ2v) is 19.0. The van der Waals surface area contributed by atoms with Crippen LogP contribution in [-0.2, 0) is 12.7 Å². The van der Waals surface area contributed by atoms with Crippen molar-refractivity contribution in [1.29, 1.82) is 0 Å². The molecule has 18 heteroatoms. The Morgan fingerprint density at radius 3 is 1.80 bits per heavy atom. The van der Waals surface area contributed by atoms with Gasteiger partial charge in [0.05, 0.1) is 71.0 Å². The summed E-state index contributed by atoms with van der Waals surface area (Å²) in [4.78, 5) is 0. The van der Waals surface area contributed by atoms with Crippen molar-refractivity contribution >= 4 is 204 Å². The van der Waals surface area contributed by atoms with E-state index < -0.39 is 23.4 Å². The number of alkyl halides is 3. The van der Waals surface area contributed by atoms with Crippen molar-refractivity contribution in [3.8, 4) is 0 Å². The molecule has 0 aliphatic carbocycles. The van der Waals surface area contributed by atoms with Crippen molar-refractivity contribution in [2.24, 2.45) is 0 Å². The Morgan fingerprint density at radius 1 is 0.554 bits per heavy atom. The third-order valence-electron chi connectivity index (χ3n) is 8.09. The first kappa shape index (κ1) is 44.0. The summed E-state index contributed by atoms with van der Waals surface area (Å²) >= 11 is 18.9. The average Bonchev–Trinajstić information content (AvgIpc) is 3.13. The van der Waals surface area contributed by atoms with Gasteiger partial charge in [0.15, 0.2) is 0 Å². The average molecular weight is 1460 g/mol. The number of hydrogen-bond donors (Lipinski definition) is 6. The number of nitrogens with one attached hydrogen (secondary N) is 5. The Bertz CT molecular complexity index is 2470. The van der Waals surface area contributed by atoms with Crippen LogP contribution in [0.25, 0.3) is 0 Å². The van der Waals surface area contributed by atoms with E-state index in [-0.39, 0.29) is 20.6 Å². The lowest BCUT2D eigenvalue weighted by atomic mass is 10.1. The lowest BCUT2D eigenvalue weighted by Gasteiger charge is -2.21. The normalized spacial score (nSPS) is 11.4. The zero-order valence-corrected chi connectivity index (χ0v) is 41.7. The lowest BCUT2D eigenvalue weighted by molar-refractivity contribution is -0.136. The minimum Gasteiger partial charge on any atom is -0.398 e. The van der Waals surface area contributed by atoms with Crippen LogP contribution in [0.4, 0.5) is 78.8 Å². The van der Waals surface area contributed by atoms with Gasteiger partial charge in [0.25, 0.3) is 0 Å². The third kappa shape index (κ3) is 10.4. The largest absolute Gasteiger partial charge is 0.418 e. The summed E-state index contributed by atoms with van der Waals surface area (Å²) in [5.41, 5.74) is 10.3. The maximum Gasteiger partial charge on any atom is 0.418 e. The number of halogens is 12. The third-order valence-corrected chi connectivity index (χ3v) is 14.8. The van der Waals surface area contributed by atoms with Gasteiger partial charge in [-0.1, -0.05) is 29.8 Å². The van der Waals surface area contributed by atoms with Crippen LogP contribution >= 0.6 is 147 Å². The van der Waals surface area contributed by atoms with Gasteiger partial charge in [0, 0.05) is 24.4 Å². The highest BCUT2D eigenvalue weighted by Crippen LogP contribution is 2.44. The molecule has 0 saturated heterocycles. The maximum atomic E-state index is 15.5. The molecule has 0 fully saturated rings. The van der Waals surface area contributed by atoms with E-state index in [1.165, 1.54) is 24.3 Å². The van der Waals surface area contributed by atoms with Gasteiger partial charge in [-0.25, -0.2) is 8.78 Å². The summed E-state index contributed by atoms with van der Waals surface area (Å²) < 4.78 is 76.8. The van der Waals surface area contributed by atoms with Crippen molar-refractivity contribution in [2.45, 2.75) is 12.7 Å². The van der Waals surface area contributed by atoms with Gasteiger partial charge >= 0.3 is 6.18 Å². The highest BCUT2D eigenvalue weighted by molar-refractivity contribution is 14.1. The van der Waals surface area contributed by atoms with Crippen LogP contribution < -0.4 is 32.3 Å². The van der Waals surface area contributed by atoms with Crippen molar-refractivity contribution in [2.75, 3.05) is 32.3 Å². The van der Waals surface area contributed by atoms with Crippen molar-refractivity contribution in [1.82, 2.24) is 0 Å². The van der Waals surface area contributed by atoms with Gasteiger partial charge in [-0.15, -0.1) is 0 Å². The first-order valence-corrected chi connectivity index (χ1v) is 22.8. The standard InChI is InChI=1S/C38H24ClF5I6N6/c39-18-12-29(33(48)30(13-18)54-31-15-19(40)14-28(32(31)47)52-16-17-5-8-22(45)24(51)11-17)53-26-10-7-21(41)37(35(26)50)56-27-9-6-20(38(42,43)44)36(34(27)49)55-25-4-2-1-3-23(25)46/h1-15,52-56H,16,51H2. The molecular weight excluding hydrogens is 1430 g/mol. The summed E-state index contributed by atoms with van der Waals surface area (Å²) in [6.45, 7) is 0.430. The first-order valence-electron chi connectivity index (χ1n) is 16.0. The van der Waals surface area contributed by atoms with Gasteiger partial charge in [-0.05, 0) is 214 Å². The van der Waals surface area contributed by atoms with Crippen LogP contribution in [0.1, 0.15) is 11.1 Å². The molecule has 6 aromatic carbocycles. The van der Waals surface area contributed by atoms with Crippen LogP contribution in [0, 0.1) is 33.1 Å². The SMILES string of the molecule is Nc1cc(CNc2cc(F)cc(Nc3cc(Cl)cc(Nc4ccc(F)c(Nc5ccc(C(F)(F)F)c(Nc6ccccc6I)c5I)c4I)c3I)c2I)ccc1I. The highest BCUT2D eigenvalue weighted by atomic mass is 127. The van der Waals surface area contributed by atoms with Gasteiger partial charge < -0.3 is 32.3 Å². The van der Waals surface area contributed by atoms with E-state index in [0.717, 1.165) is 22.3 Å². The number of hydrogen-bond acceptors (Lipinski definition) is 6. The molecule has 0 spiro atoms. The summed E-state index contributed by atoms with van der Waals surface area (Å²) in [7, 11) is 0. The number of rotatable bonds is 11. The van der Waals surface area contributed by atoms with E-state index in [2.05, 4.69) is 94.4 Å². The molecule has 6 aromatic rings. The maximum absolute atomic E-state index is 15.5. The molecule has 6 rings (SSSR count). The summed E-state index contributed by atoms with van der Waals surface area (Å²) in [6, 6.07) is 24.1. The smallest absolute Gasteiger partial charge is 0.398 e. The molecule has 6 nitrogen and oxygen atoms in total. The fraction of sp³-hybridized carbons (Fsp3) is 0.0526. The second kappa shape index (κ2) is 18.8. The Balaban J connectivity index is 1.28. The zero-order chi connectivity index (χ0) is 40.5. The number of nitrogens with two attached hydrogens (primary N) is 1. The van der Waals surface area contributed by atoms with Gasteiger partial charge in [-0.3, -0.25) is 0 Å². The molecule has 7 N–H and O–H groups in total. The second-order valence-electron chi connectivity index (χ2n) is 12.0. The van der Waals surface area contributed by atoms with E-state index in [1.54, 1.807) is 42.5 Å². The van der Waals surface area contributed by atoms with E-state index in [4.69, 9.17) is 17.3 Å². The molecule has 0 aliphatic rings. The minimum atomic E-state index is -4.64. The number of para-hydroxylation sites is 1. The van der Waals surface area contributed by atoms with E-state index in [1.807, 2.05) is 86.0 Å². The van der Waals surface area contributed by atoms with Crippen molar-refractivity contribution in [3.05, 3.63) is 140 Å². The topological polar surface area (TPSA) is 86.2 Å². The molecule has 0 aromatic heterocycles. The minimum absolute atomic E-state index is 0.0613. The molecule has 0 heterocycles. The van der Waals surface area contributed by atoms with E-state index in [0.29, 0.717) is 58.5 Å². The Kier molecular flexibility index (Phi) is 14.8. The summed E-state index contributed by atoms with van der Waals surface area (Å²) in [5.74, 6) is -1.06. The molecular formula is C38H24ClF5I6N6. The summed E-state index contributed by atoms with van der Waals surface area (Å²) in [5, 5.41) is 16.3. The van der Waals surface area contributed by atoms with Gasteiger partial charge in [0.1, 0.15) is 11.6 Å². The van der Waals surface area contributed by atoms with Crippen LogP contribution in [0.15, 0.2) is 91.0 Å². The monoisotopic (exact) mass is 1460 g/mol. The summed E-state index contributed by atoms with van der Waals surface area (Å²) in [6.07, 6.45) is -4.64. The molecule has 0 aliphatic heterocycles. The van der Waals surface area contributed by atoms with Gasteiger partial charge in [-0.2, -0.15) is 13.2 Å². The Morgan fingerprint density at radius 2 is 1.12 bits per heavy atom. The fourth-order valence-electron chi connectivity index (χ4n) is 5.40. The predicted molar refractivity (Wildman–Crippen MR) is 270 cm³/mol.